The van der Waals surface area contributed by atoms with E-state index in [4.69, 9.17) is 4.42 Å². The molecule has 0 bridgehead atoms. The Bertz CT molecular complexity index is 685. The summed E-state index contributed by atoms with van der Waals surface area (Å²) < 4.78 is 7.14. The highest BCUT2D eigenvalue weighted by atomic mass is 16.3. The molecule has 2 heterocycles. The number of hydrogen-bond acceptors (Lipinski definition) is 4. The van der Waals surface area contributed by atoms with Crippen molar-refractivity contribution in [1.82, 2.24) is 15.1 Å². The summed E-state index contributed by atoms with van der Waals surface area (Å²) in [5, 5.41) is 20.1. The fraction of sp³-hybridized carbons (Fsp3) is 0.500. The van der Waals surface area contributed by atoms with Gasteiger partial charge in [0.1, 0.15) is 22.9 Å². The zero-order valence-corrected chi connectivity index (χ0v) is 14.2. The van der Waals surface area contributed by atoms with E-state index in [0.29, 0.717) is 17.1 Å². The molecule has 0 fully saturated rings. The molecular weight excluding hydrogens is 296 g/mol. The van der Waals surface area contributed by atoms with Crippen LogP contribution in [0.2, 0.25) is 0 Å². The van der Waals surface area contributed by atoms with Gasteiger partial charge < -0.3 is 14.8 Å². The van der Waals surface area contributed by atoms with E-state index >= 15 is 0 Å². The van der Waals surface area contributed by atoms with Crippen LogP contribution in [0, 0.1) is 13.8 Å². The van der Waals surface area contributed by atoms with Crippen LogP contribution < -0.4 is 10.6 Å². The molecule has 1 atom stereocenters. The second-order valence-corrected chi connectivity index (χ2v) is 6.16. The number of aromatic nitrogens is 2. The zero-order chi connectivity index (χ0) is 17.2. The van der Waals surface area contributed by atoms with Crippen LogP contribution in [-0.2, 0) is 5.60 Å². The predicted octanol–water partition coefficient (Wildman–Crippen LogP) is 2.70. The summed E-state index contributed by atoms with van der Waals surface area (Å²) in [7, 11) is 0. The van der Waals surface area contributed by atoms with Gasteiger partial charge in [-0.05, 0) is 40.7 Å². The van der Waals surface area contributed by atoms with Crippen LogP contribution in [0.4, 0.5) is 10.6 Å². The lowest BCUT2D eigenvalue weighted by atomic mass is 9.96. The molecule has 126 valence electrons. The fourth-order valence-electron chi connectivity index (χ4n) is 2.50. The highest BCUT2D eigenvalue weighted by Crippen LogP contribution is 2.26. The summed E-state index contributed by atoms with van der Waals surface area (Å²) >= 11 is 0. The molecule has 7 nitrogen and oxygen atoms in total. The number of amides is 2. The van der Waals surface area contributed by atoms with E-state index in [9.17, 15) is 9.90 Å². The Balaban J connectivity index is 1.98. The van der Waals surface area contributed by atoms with Crippen molar-refractivity contribution in [3.8, 4) is 0 Å². The lowest BCUT2D eigenvalue weighted by Crippen LogP contribution is -2.41. The minimum absolute atomic E-state index is 0.0640. The van der Waals surface area contributed by atoms with Crippen LogP contribution in [0.25, 0.3) is 0 Å². The Morgan fingerprint density at radius 3 is 2.74 bits per heavy atom. The number of aryl methyl sites for hydroxylation is 2. The third kappa shape index (κ3) is 3.92. The van der Waals surface area contributed by atoms with Crippen molar-refractivity contribution < 1.29 is 14.3 Å². The summed E-state index contributed by atoms with van der Waals surface area (Å²) in [5.74, 6) is 1.98. The second kappa shape index (κ2) is 6.45. The van der Waals surface area contributed by atoms with Crippen molar-refractivity contribution >= 4 is 11.8 Å². The van der Waals surface area contributed by atoms with Crippen LogP contribution in [0.1, 0.15) is 43.9 Å². The van der Waals surface area contributed by atoms with E-state index in [2.05, 4.69) is 15.7 Å². The summed E-state index contributed by atoms with van der Waals surface area (Å²) in [4.78, 5) is 12.1. The van der Waals surface area contributed by atoms with Gasteiger partial charge in [-0.3, -0.25) is 5.32 Å². The predicted molar refractivity (Wildman–Crippen MR) is 87.4 cm³/mol. The van der Waals surface area contributed by atoms with Crippen molar-refractivity contribution in [3.05, 3.63) is 35.4 Å². The Morgan fingerprint density at radius 1 is 1.48 bits per heavy atom. The molecule has 3 N–H and O–H groups in total. The highest BCUT2D eigenvalue weighted by Gasteiger charge is 2.28. The number of nitrogens with zero attached hydrogens (tertiary/aromatic N) is 2. The van der Waals surface area contributed by atoms with Gasteiger partial charge in [0.05, 0.1) is 12.7 Å². The maximum Gasteiger partial charge on any atom is 0.320 e. The molecule has 0 aliphatic carbocycles. The minimum Gasteiger partial charge on any atom is -0.466 e. The summed E-state index contributed by atoms with van der Waals surface area (Å²) in [5.41, 5.74) is -0.542. The molecular formula is C16H24N4O3. The number of carbonyl (C=O) groups excluding carboxylic acids is 1. The van der Waals surface area contributed by atoms with Gasteiger partial charge in [-0.25, -0.2) is 9.48 Å². The molecule has 0 aliphatic heterocycles. The third-order valence-corrected chi connectivity index (χ3v) is 3.62. The number of furan rings is 1. The fourth-order valence-corrected chi connectivity index (χ4v) is 2.50. The highest BCUT2D eigenvalue weighted by molar-refractivity contribution is 5.88. The number of rotatable bonds is 5. The maximum absolute atomic E-state index is 12.1. The summed E-state index contributed by atoms with van der Waals surface area (Å²) in [6.07, 6.45) is 1.63. The second-order valence-electron chi connectivity index (χ2n) is 6.16. The summed E-state index contributed by atoms with van der Waals surface area (Å²) in [6, 6.07) is 3.25. The molecule has 2 rings (SSSR count). The third-order valence-electron chi connectivity index (χ3n) is 3.62. The normalized spacial score (nSPS) is 13.9. The van der Waals surface area contributed by atoms with Gasteiger partial charge in [0.25, 0.3) is 0 Å². The average molecular weight is 320 g/mol. The SMILES string of the molecule is Cc1cc(C(C)(O)CNC(=O)Nc2ccnn2C(C)C)c(C)o1. The number of hydrogen-bond donors (Lipinski definition) is 3. The van der Waals surface area contributed by atoms with E-state index in [1.54, 1.807) is 36.9 Å². The Hall–Kier alpha value is -2.28. The van der Waals surface area contributed by atoms with Crippen molar-refractivity contribution in [1.29, 1.82) is 0 Å². The largest absolute Gasteiger partial charge is 0.466 e. The summed E-state index contributed by atoms with van der Waals surface area (Å²) in [6.45, 7) is 9.27. The quantitative estimate of drug-likeness (QED) is 0.790. The Kier molecular flexibility index (Phi) is 4.79. The molecule has 2 aromatic rings. The van der Waals surface area contributed by atoms with Crippen molar-refractivity contribution in [2.75, 3.05) is 11.9 Å². The van der Waals surface area contributed by atoms with Gasteiger partial charge >= 0.3 is 6.03 Å². The monoisotopic (exact) mass is 320 g/mol. The van der Waals surface area contributed by atoms with E-state index < -0.39 is 11.6 Å². The van der Waals surface area contributed by atoms with Crippen LogP contribution in [0.3, 0.4) is 0 Å². The average Bonchev–Trinajstić information content (AvgIpc) is 3.03. The molecule has 2 aromatic heterocycles. The van der Waals surface area contributed by atoms with Crippen LogP contribution >= 0.6 is 0 Å². The van der Waals surface area contributed by atoms with E-state index in [1.807, 2.05) is 20.8 Å². The molecule has 23 heavy (non-hydrogen) atoms. The molecule has 2 amide bonds. The van der Waals surface area contributed by atoms with Crippen molar-refractivity contribution in [3.63, 3.8) is 0 Å². The first-order valence-electron chi connectivity index (χ1n) is 7.59. The van der Waals surface area contributed by atoms with Gasteiger partial charge in [-0.2, -0.15) is 5.10 Å². The van der Waals surface area contributed by atoms with E-state index in [-0.39, 0.29) is 12.6 Å². The molecule has 0 saturated heterocycles. The lowest BCUT2D eigenvalue weighted by Gasteiger charge is -2.23. The van der Waals surface area contributed by atoms with E-state index in [1.165, 1.54) is 0 Å². The molecule has 0 aliphatic rings. The number of anilines is 1. The van der Waals surface area contributed by atoms with Crippen LogP contribution in [0.5, 0.6) is 0 Å². The van der Waals surface area contributed by atoms with Gasteiger partial charge in [0.15, 0.2) is 0 Å². The molecule has 1 unspecified atom stereocenters. The molecule has 7 heteroatoms. The van der Waals surface area contributed by atoms with E-state index in [0.717, 1.165) is 5.76 Å². The number of aliphatic hydroxyl groups is 1. The van der Waals surface area contributed by atoms with Gasteiger partial charge in [0.2, 0.25) is 0 Å². The first-order valence-corrected chi connectivity index (χ1v) is 7.59. The number of urea groups is 1. The van der Waals surface area contributed by atoms with Gasteiger partial charge in [0, 0.05) is 17.7 Å². The Labute approximate surface area is 135 Å². The van der Waals surface area contributed by atoms with Crippen molar-refractivity contribution in [2.24, 2.45) is 0 Å². The molecule has 0 radical (unpaired) electrons. The molecule has 0 spiro atoms. The first kappa shape index (κ1) is 17.1. The van der Waals surface area contributed by atoms with Crippen LogP contribution in [0.15, 0.2) is 22.7 Å². The lowest BCUT2D eigenvalue weighted by molar-refractivity contribution is 0.0584. The minimum atomic E-state index is -1.21. The Morgan fingerprint density at radius 2 is 2.17 bits per heavy atom. The molecule has 0 saturated carbocycles. The topological polar surface area (TPSA) is 92.3 Å². The van der Waals surface area contributed by atoms with Gasteiger partial charge in [-0.15, -0.1) is 0 Å². The zero-order valence-electron chi connectivity index (χ0n) is 14.2. The van der Waals surface area contributed by atoms with Gasteiger partial charge in [-0.1, -0.05) is 0 Å². The standard InChI is InChI=1S/C16H24N4O3/c1-10(2)20-14(6-7-18-20)19-15(21)17-9-16(5,22)13-8-11(3)23-12(13)4/h6-8,10,22H,9H2,1-5H3,(H2,17,19,21). The van der Waals surface area contributed by atoms with Crippen LogP contribution in [-0.4, -0.2) is 27.5 Å². The van der Waals surface area contributed by atoms with Crippen molar-refractivity contribution in [2.45, 2.75) is 46.3 Å². The first-order chi connectivity index (χ1) is 10.7. The smallest absolute Gasteiger partial charge is 0.320 e. The molecule has 0 aromatic carbocycles. The number of nitrogens with one attached hydrogen (secondary N) is 2. The number of carbonyl (C=O) groups is 1. The maximum atomic E-state index is 12.1.